The minimum Gasteiger partial charge on any atom is -0.352 e. The molecule has 0 saturated carbocycles. The zero-order valence-corrected chi connectivity index (χ0v) is 25.3. The van der Waals surface area contributed by atoms with Gasteiger partial charge in [0, 0.05) is 19.0 Å². The number of sulfonamides is 1. The van der Waals surface area contributed by atoms with Crippen molar-refractivity contribution in [3.63, 3.8) is 0 Å². The number of halogens is 1. The van der Waals surface area contributed by atoms with Gasteiger partial charge in [0.25, 0.3) is 10.0 Å². The summed E-state index contributed by atoms with van der Waals surface area (Å²) in [7, 11) is -4.16. The number of carbonyl (C=O) groups excluding carboxylic acids is 2. The van der Waals surface area contributed by atoms with Crippen LogP contribution in [0.4, 0.5) is 10.1 Å². The van der Waals surface area contributed by atoms with E-state index in [1.54, 1.807) is 54.6 Å². The first-order valence-corrected chi connectivity index (χ1v) is 15.5. The van der Waals surface area contributed by atoms with Crippen molar-refractivity contribution in [2.24, 2.45) is 0 Å². The highest BCUT2D eigenvalue weighted by Crippen LogP contribution is 2.25. The van der Waals surface area contributed by atoms with E-state index in [0.29, 0.717) is 11.3 Å². The molecule has 1 N–H and O–H groups in total. The van der Waals surface area contributed by atoms with Crippen molar-refractivity contribution in [3.8, 4) is 0 Å². The van der Waals surface area contributed by atoms with E-state index in [0.717, 1.165) is 15.4 Å². The molecule has 0 spiro atoms. The second-order valence-corrected chi connectivity index (χ2v) is 12.5. The normalized spacial score (nSPS) is 12.0. The van der Waals surface area contributed by atoms with Crippen molar-refractivity contribution in [3.05, 3.63) is 132 Å². The van der Waals surface area contributed by atoms with Crippen molar-refractivity contribution in [2.45, 2.75) is 50.7 Å². The molecule has 1 atom stereocenters. The first-order chi connectivity index (χ1) is 20.5. The molecule has 0 fully saturated rings. The highest BCUT2D eigenvalue weighted by Gasteiger charge is 2.34. The van der Waals surface area contributed by atoms with Gasteiger partial charge in [0.1, 0.15) is 18.4 Å². The van der Waals surface area contributed by atoms with Crippen LogP contribution in [0.3, 0.4) is 0 Å². The Bertz CT molecular complexity index is 1610. The number of anilines is 1. The molecule has 0 aromatic heterocycles. The number of hydrogen-bond donors (Lipinski definition) is 1. The van der Waals surface area contributed by atoms with Crippen molar-refractivity contribution >= 4 is 27.5 Å². The minimum absolute atomic E-state index is 0.0325. The molecule has 0 heterocycles. The lowest BCUT2D eigenvalue weighted by Gasteiger charge is -2.34. The van der Waals surface area contributed by atoms with Crippen LogP contribution in [0.5, 0.6) is 0 Å². The third-order valence-corrected chi connectivity index (χ3v) is 8.69. The van der Waals surface area contributed by atoms with E-state index in [2.05, 4.69) is 5.32 Å². The van der Waals surface area contributed by atoms with Crippen LogP contribution in [-0.2, 0) is 32.6 Å². The zero-order chi connectivity index (χ0) is 31.0. The van der Waals surface area contributed by atoms with E-state index >= 15 is 0 Å². The average molecular weight is 602 g/mol. The highest BCUT2D eigenvalue weighted by molar-refractivity contribution is 7.92. The SMILES string of the molecule is Cc1ccc(N(CC(=O)N(Cc2ccc(F)cc2)[C@@H](Cc2ccccc2)C(=O)NC(C)C)S(=O)(=O)c2ccccc2)cc1. The third-order valence-electron chi connectivity index (χ3n) is 6.90. The molecule has 4 aromatic rings. The number of rotatable bonds is 12. The molecule has 0 aliphatic carbocycles. The molecule has 0 bridgehead atoms. The number of carbonyl (C=O) groups is 2. The second-order valence-electron chi connectivity index (χ2n) is 10.7. The molecule has 2 amide bonds. The summed E-state index contributed by atoms with van der Waals surface area (Å²) in [6.07, 6.45) is 0.197. The Morgan fingerprint density at radius 1 is 0.791 bits per heavy atom. The van der Waals surface area contributed by atoms with Gasteiger partial charge in [-0.15, -0.1) is 0 Å². The molecule has 4 rings (SSSR count). The largest absolute Gasteiger partial charge is 0.352 e. The van der Waals surface area contributed by atoms with Crippen LogP contribution < -0.4 is 9.62 Å². The Morgan fingerprint density at radius 2 is 1.37 bits per heavy atom. The molecule has 0 aliphatic heterocycles. The maximum Gasteiger partial charge on any atom is 0.264 e. The predicted octanol–water partition coefficient (Wildman–Crippen LogP) is 5.49. The molecule has 9 heteroatoms. The number of nitrogens with one attached hydrogen (secondary N) is 1. The number of hydrogen-bond acceptors (Lipinski definition) is 4. The van der Waals surface area contributed by atoms with Crippen LogP contribution in [0.1, 0.15) is 30.5 Å². The topological polar surface area (TPSA) is 86.8 Å². The van der Waals surface area contributed by atoms with Crippen LogP contribution in [0.25, 0.3) is 0 Å². The summed E-state index contributed by atoms with van der Waals surface area (Å²) in [5.41, 5.74) is 2.67. The highest BCUT2D eigenvalue weighted by atomic mass is 32.2. The zero-order valence-electron chi connectivity index (χ0n) is 24.5. The summed E-state index contributed by atoms with van der Waals surface area (Å²) in [6.45, 7) is 4.96. The first kappa shape index (κ1) is 31.4. The molecule has 0 aliphatic rings. The average Bonchev–Trinajstić information content (AvgIpc) is 2.99. The minimum atomic E-state index is -4.16. The maximum atomic E-state index is 14.3. The quantitative estimate of drug-likeness (QED) is 0.233. The van der Waals surface area contributed by atoms with Crippen LogP contribution in [-0.4, -0.2) is 43.8 Å². The number of aryl methyl sites for hydroxylation is 1. The molecule has 0 radical (unpaired) electrons. The Balaban J connectivity index is 1.79. The van der Waals surface area contributed by atoms with Gasteiger partial charge in [-0.2, -0.15) is 0 Å². The fourth-order valence-corrected chi connectivity index (χ4v) is 6.12. The van der Waals surface area contributed by atoms with Gasteiger partial charge in [0.2, 0.25) is 11.8 Å². The third kappa shape index (κ3) is 8.29. The molecule has 0 unspecified atom stereocenters. The van der Waals surface area contributed by atoms with Gasteiger partial charge in [-0.25, -0.2) is 12.8 Å². The monoisotopic (exact) mass is 601 g/mol. The summed E-state index contributed by atoms with van der Waals surface area (Å²) in [4.78, 5) is 29.4. The van der Waals surface area contributed by atoms with E-state index in [-0.39, 0.29) is 29.8 Å². The van der Waals surface area contributed by atoms with E-state index in [1.807, 2.05) is 51.1 Å². The summed E-state index contributed by atoms with van der Waals surface area (Å²) >= 11 is 0. The molecule has 7 nitrogen and oxygen atoms in total. The van der Waals surface area contributed by atoms with Crippen molar-refractivity contribution < 1.29 is 22.4 Å². The lowest BCUT2D eigenvalue weighted by Crippen LogP contribution is -2.54. The molecule has 224 valence electrons. The van der Waals surface area contributed by atoms with E-state index in [9.17, 15) is 22.4 Å². The van der Waals surface area contributed by atoms with Crippen molar-refractivity contribution in [1.82, 2.24) is 10.2 Å². The second kappa shape index (κ2) is 14.1. The van der Waals surface area contributed by atoms with Gasteiger partial charge < -0.3 is 10.2 Å². The van der Waals surface area contributed by atoms with Gasteiger partial charge in [-0.05, 0) is 68.3 Å². The molecule has 43 heavy (non-hydrogen) atoms. The molecule has 0 saturated heterocycles. The smallest absolute Gasteiger partial charge is 0.264 e. The summed E-state index contributed by atoms with van der Waals surface area (Å²) < 4.78 is 42.7. The van der Waals surface area contributed by atoms with Crippen molar-refractivity contribution in [1.29, 1.82) is 0 Å². The van der Waals surface area contributed by atoms with E-state index in [4.69, 9.17) is 0 Å². The van der Waals surface area contributed by atoms with Gasteiger partial charge in [0.05, 0.1) is 10.6 Å². The summed E-state index contributed by atoms with van der Waals surface area (Å²) in [6, 6.07) is 28.6. The Hall–Kier alpha value is -4.50. The van der Waals surface area contributed by atoms with Gasteiger partial charge in [-0.3, -0.25) is 13.9 Å². The lowest BCUT2D eigenvalue weighted by molar-refractivity contribution is -0.140. The number of amides is 2. The summed E-state index contributed by atoms with van der Waals surface area (Å²) in [5.74, 6) is -1.38. The van der Waals surface area contributed by atoms with Crippen LogP contribution in [0.15, 0.2) is 114 Å². The van der Waals surface area contributed by atoms with Gasteiger partial charge in [0.15, 0.2) is 0 Å². The fraction of sp³-hybridized carbons (Fsp3) is 0.235. The summed E-state index contributed by atoms with van der Waals surface area (Å²) in [5, 5.41) is 2.92. The Labute approximate surface area is 253 Å². The van der Waals surface area contributed by atoms with Gasteiger partial charge >= 0.3 is 0 Å². The molecular formula is C34H36FN3O4S. The van der Waals surface area contributed by atoms with Crippen molar-refractivity contribution in [2.75, 3.05) is 10.8 Å². The molecular weight excluding hydrogens is 565 g/mol. The number of benzene rings is 4. The van der Waals surface area contributed by atoms with Gasteiger partial charge in [-0.1, -0.05) is 78.4 Å². The number of nitrogens with zero attached hydrogens (tertiary/aromatic N) is 2. The predicted molar refractivity (Wildman–Crippen MR) is 166 cm³/mol. The van der Waals surface area contributed by atoms with E-state index < -0.39 is 34.3 Å². The Morgan fingerprint density at radius 3 is 1.95 bits per heavy atom. The van der Waals surface area contributed by atoms with Crippen LogP contribution in [0, 0.1) is 12.7 Å². The fourth-order valence-electron chi connectivity index (χ4n) is 4.68. The maximum absolute atomic E-state index is 14.3. The lowest BCUT2D eigenvalue weighted by atomic mass is 10.0. The Kier molecular flexibility index (Phi) is 10.3. The van der Waals surface area contributed by atoms with Crippen LogP contribution >= 0.6 is 0 Å². The van der Waals surface area contributed by atoms with Crippen LogP contribution in [0.2, 0.25) is 0 Å². The molecule has 4 aromatic carbocycles. The first-order valence-electron chi connectivity index (χ1n) is 14.1. The van der Waals surface area contributed by atoms with E-state index in [1.165, 1.54) is 29.2 Å². The standard InChI is InChI=1S/C34H36FN3O4S/c1-25(2)36-34(40)32(22-27-10-6-4-7-11-27)37(23-28-16-18-29(35)19-17-28)33(39)24-38(30-20-14-26(3)15-21-30)43(41,42)31-12-8-5-9-13-31/h4-21,25,32H,22-24H2,1-3H3,(H,36,40)/t32-/m0/s1.